The lowest BCUT2D eigenvalue weighted by Crippen LogP contribution is -1.94. The van der Waals surface area contributed by atoms with Gasteiger partial charge >= 0.3 is 0 Å². The highest BCUT2D eigenvalue weighted by molar-refractivity contribution is 5.88. The monoisotopic (exact) mass is 262 g/mol. The van der Waals surface area contributed by atoms with Gasteiger partial charge in [0.25, 0.3) is 0 Å². The van der Waals surface area contributed by atoms with E-state index in [0.29, 0.717) is 5.92 Å². The van der Waals surface area contributed by atoms with Crippen LogP contribution in [0.2, 0.25) is 0 Å². The van der Waals surface area contributed by atoms with Gasteiger partial charge in [-0.15, -0.1) is 0 Å². The standard InChI is InChI=1S/C20H22/c1-12-8-6-9-17(13(12)2)19-11-7-10-18-15(4)14(3)16(5)20(18)19/h6-11,15H,1-5H3. The average molecular weight is 262 g/mol. The van der Waals surface area contributed by atoms with Crippen LogP contribution in [0.5, 0.6) is 0 Å². The van der Waals surface area contributed by atoms with Crippen LogP contribution in [0.15, 0.2) is 42.0 Å². The molecule has 1 unspecified atom stereocenters. The van der Waals surface area contributed by atoms with Gasteiger partial charge in [0.2, 0.25) is 0 Å². The largest absolute Gasteiger partial charge is 0.0625 e. The second kappa shape index (κ2) is 4.63. The Morgan fingerprint density at radius 2 is 1.45 bits per heavy atom. The molecule has 0 saturated heterocycles. The molecule has 2 aromatic rings. The number of rotatable bonds is 1. The minimum atomic E-state index is 0.551. The van der Waals surface area contributed by atoms with Crippen molar-refractivity contribution in [1.29, 1.82) is 0 Å². The number of aryl methyl sites for hydroxylation is 1. The van der Waals surface area contributed by atoms with Crippen molar-refractivity contribution in [2.24, 2.45) is 0 Å². The van der Waals surface area contributed by atoms with E-state index in [2.05, 4.69) is 71.0 Å². The van der Waals surface area contributed by atoms with Crippen molar-refractivity contribution in [3.63, 3.8) is 0 Å². The lowest BCUT2D eigenvalue weighted by molar-refractivity contribution is 0.920. The van der Waals surface area contributed by atoms with Crippen molar-refractivity contribution in [2.45, 2.75) is 40.5 Å². The summed E-state index contributed by atoms with van der Waals surface area (Å²) in [6, 6.07) is 13.4. The third-order valence-corrected chi connectivity index (χ3v) is 5.07. The lowest BCUT2D eigenvalue weighted by atomic mass is 9.89. The lowest BCUT2D eigenvalue weighted by Gasteiger charge is -2.15. The van der Waals surface area contributed by atoms with E-state index in [1.54, 1.807) is 0 Å². The topological polar surface area (TPSA) is 0 Å². The Kier molecular flexibility index (Phi) is 3.05. The summed E-state index contributed by atoms with van der Waals surface area (Å²) in [5, 5.41) is 0. The molecule has 0 aliphatic heterocycles. The molecule has 2 aromatic carbocycles. The van der Waals surface area contributed by atoms with E-state index in [4.69, 9.17) is 0 Å². The SMILES string of the molecule is CC1=C(C)C(C)c2cccc(-c3cccc(C)c3C)c21. The summed E-state index contributed by atoms with van der Waals surface area (Å²) in [6.45, 7) is 11.3. The maximum Gasteiger partial charge on any atom is 0.00292 e. The Bertz CT molecular complexity index is 717. The van der Waals surface area contributed by atoms with Crippen LogP contribution in [-0.4, -0.2) is 0 Å². The van der Waals surface area contributed by atoms with E-state index < -0.39 is 0 Å². The fourth-order valence-corrected chi connectivity index (χ4v) is 3.37. The summed E-state index contributed by atoms with van der Waals surface area (Å²) in [5.41, 5.74) is 11.5. The van der Waals surface area contributed by atoms with Crippen LogP contribution >= 0.6 is 0 Å². The molecule has 20 heavy (non-hydrogen) atoms. The molecule has 1 aliphatic rings. The number of hydrogen-bond acceptors (Lipinski definition) is 0. The minimum absolute atomic E-state index is 0.551. The molecule has 0 heteroatoms. The first-order chi connectivity index (χ1) is 9.52. The molecular weight excluding hydrogens is 240 g/mol. The van der Waals surface area contributed by atoms with Crippen molar-refractivity contribution < 1.29 is 0 Å². The Balaban J connectivity index is 2.31. The molecule has 0 fully saturated rings. The van der Waals surface area contributed by atoms with Crippen LogP contribution in [0, 0.1) is 13.8 Å². The van der Waals surface area contributed by atoms with Gasteiger partial charge < -0.3 is 0 Å². The number of allylic oxidation sites excluding steroid dienone is 2. The van der Waals surface area contributed by atoms with Gasteiger partial charge in [0.15, 0.2) is 0 Å². The van der Waals surface area contributed by atoms with Crippen LogP contribution in [0.4, 0.5) is 0 Å². The third kappa shape index (κ3) is 1.75. The molecule has 0 nitrogen and oxygen atoms in total. The van der Waals surface area contributed by atoms with Crippen LogP contribution in [0.1, 0.15) is 48.9 Å². The average Bonchev–Trinajstić information content (AvgIpc) is 2.67. The number of fused-ring (bicyclic) bond motifs is 1. The highest BCUT2D eigenvalue weighted by atomic mass is 14.3. The summed E-state index contributed by atoms with van der Waals surface area (Å²) in [7, 11) is 0. The summed E-state index contributed by atoms with van der Waals surface area (Å²) in [5.74, 6) is 0.551. The Hall–Kier alpha value is -1.82. The highest BCUT2D eigenvalue weighted by Gasteiger charge is 2.25. The first-order valence-electron chi connectivity index (χ1n) is 7.39. The second-order valence-electron chi connectivity index (χ2n) is 6.05. The van der Waals surface area contributed by atoms with Crippen molar-refractivity contribution >= 4 is 5.57 Å². The van der Waals surface area contributed by atoms with E-state index in [1.165, 1.54) is 44.5 Å². The van der Waals surface area contributed by atoms with Crippen LogP contribution < -0.4 is 0 Å². The summed E-state index contributed by atoms with van der Waals surface area (Å²) in [4.78, 5) is 0. The van der Waals surface area contributed by atoms with Gasteiger partial charge in [-0.1, -0.05) is 48.9 Å². The molecule has 0 radical (unpaired) electrons. The van der Waals surface area contributed by atoms with Gasteiger partial charge in [-0.05, 0) is 66.6 Å². The molecule has 0 aromatic heterocycles. The maximum atomic E-state index is 2.32. The van der Waals surface area contributed by atoms with E-state index in [-0.39, 0.29) is 0 Å². The zero-order chi connectivity index (χ0) is 14.4. The molecule has 0 spiro atoms. The molecule has 0 heterocycles. The zero-order valence-electron chi connectivity index (χ0n) is 13.0. The van der Waals surface area contributed by atoms with Crippen molar-refractivity contribution in [3.8, 4) is 11.1 Å². The molecule has 0 bridgehead atoms. The van der Waals surface area contributed by atoms with Crippen LogP contribution in [0.25, 0.3) is 16.7 Å². The van der Waals surface area contributed by atoms with Gasteiger partial charge in [0.1, 0.15) is 0 Å². The normalized spacial score (nSPS) is 17.6. The second-order valence-corrected chi connectivity index (χ2v) is 6.05. The molecule has 3 rings (SSSR count). The molecule has 102 valence electrons. The Morgan fingerprint density at radius 3 is 2.20 bits per heavy atom. The zero-order valence-corrected chi connectivity index (χ0v) is 13.0. The Labute approximate surface area is 122 Å². The molecule has 1 atom stereocenters. The first kappa shape index (κ1) is 13.2. The van der Waals surface area contributed by atoms with Crippen molar-refractivity contribution in [1.82, 2.24) is 0 Å². The first-order valence-corrected chi connectivity index (χ1v) is 7.39. The van der Waals surface area contributed by atoms with Crippen molar-refractivity contribution in [3.05, 3.63) is 64.2 Å². The summed E-state index contributed by atoms with van der Waals surface area (Å²) < 4.78 is 0. The van der Waals surface area contributed by atoms with E-state index in [0.717, 1.165) is 0 Å². The molecule has 1 aliphatic carbocycles. The third-order valence-electron chi connectivity index (χ3n) is 5.07. The van der Waals surface area contributed by atoms with Crippen LogP contribution in [-0.2, 0) is 0 Å². The summed E-state index contributed by atoms with van der Waals surface area (Å²) >= 11 is 0. The molecular formula is C20H22. The van der Waals surface area contributed by atoms with Gasteiger partial charge in [-0.2, -0.15) is 0 Å². The minimum Gasteiger partial charge on any atom is -0.0625 e. The molecule has 0 saturated carbocycles. The van der Waals surface area contributed by atoms with Gasteiger partial charge in [0.05, 0.1) is 0 Å². The Morgan fingerprint density at radius 1 is 0.800 bits per heavy atom. The van der Waals surface area contributed by atoms with E-state index in [1.807, 2.05) is 0 Å². The molecule has 0 amide bonds. The maximum absolute atomic E-state index is 2.32. The van der Waals surface area contributed by atoms with Crippen molar-refractivity contribution in [2.75, 3.05) is 0 Å². The highest BCUT2D eigenvalue weighted by Crippen LogP contribution is 2.46. The van der Waals surface area contributed by atoms with E-state index >= 15 is 0 Å². The van der Waals surface area contributed by atoms with Crippen LogP contribution in [0.3, 0.4) is 0 Å². The smallest absolute Gasteiger partial charge is 0.00292 e. The van der Waals surface area contributed by atoms with E-state index in [9.17, 15) is 0 Å². The van der Waals surface area contributed by atoms with Gasteiger partial charge in [0, 0.05) is 5.92 Å². The fourth-order valence-electron chi connectivity index (χ4n) is 3.37. The van der Waals surface area contributed by atoms with Gasteiger partial charge in [-0.25, -0.2) is 0 Å². The molecule has 0 N–H and O–H groups in total. The quantitative estimate of drug-likeness (QED) is 0.602. The summed E-state index contributed by atoms with van der Waals surface area (Å²) in [6.07, 6.45) is 0. The predicted octanol–water partition coefficient (Wildman–Crippen LogP) is 5.88. The predicted molar refractivity (Wildman–Crippen MR) is 88.0 cm³/mol. The number of hydrogen-bond donors (Lipinski definition) is 0. The fraction of sp³-hybridized carbons (Fsp3) is 0.300. The van der Waals surface area contributed by atoms with Gasteiger partial charge in [-0.3, -0.25) is 0 Å². The number of benzene rings is 2.